The highest BCUT2D eigenvalue weighted by Crippen LogP contribution is 2.34. The maximum Gasteiger partial charge on any atom is 0.263 e. The second-order valence-electron chi connectivity index (χ2n) is 7.94. The quantitative estimate of drug-likeness (QED) is 0.413. The lowest BCUT2D eigenvalue weighted by Gasteiger charge is -2.19. The Bertz CT molecular complexity index is 1310. The number of imide groups is 1. The van der Waals surface area contributed by atoms with Gasteiger partial charge in [-0.1, -0.05) is 10.4 Å². The molecule has 0 aliphatic carbocycles. The summed E-state index contributed by atoms with van der Waals surface area (Å²) >= 11 is 0. The van der Waals surface area contributed by atoms with Crippen molar-refractivity contribution >= 4 is 17.5 Å². The normalized spacial score (nSPS) is 18.6. The highest BCUT2D eigenvalue weighted by Gasteiger charge is 2.55. The summed E-state index contributed by atoms with van der Waals surface area (Å²) in [6.07, 6.45) is 0. The van der Waals surface area contributed by atoms with Crippen LogP contribution in [0.4, 0.5) is 5.69 Å². The highest BCUT2D eigenvalue weighted by atomic mass is 16.5. The van der Waals surface area contributed by atoms with Gasteiger partial charge < -0.3 is 18.7 Å². The summed E-state index contributed by atoms with van der Waals surface area (Å²) in [5.41, 5.74) is 1.11. The van der Waals surface area contributed by atoms with Crippen LogP contribution in [0.1, 0.15) is 19.7 Å². The fourth-order valence-electron chi connectivity index (χ4n) is 4.12. The number of nitrogens with zero attached hydrogens (tertiary/aromatic N) is 6. The summed E-state index contributed by atoms with van der Waals surface area (Å²) in [5.74, 6) is 1.50. The molecule has 1 saturated heterocycles. The van der Waals surface area contributed by atoms with Gasteiger partial charge in [0.05, 0.1) is 26.0 Å². The molecule has 0 N–H and O–H groups in total. The molecule has 1 aromatic heterocycles. The topological polar surface area (TPSA) is 132 Å². The minimum Gasteiger partial charge on any atom is -0.494 e. The predicted octanol–water partition coefficient (Wildman–Crippen LogP) is 3.04. The maximum absolute atomic E-state index is 13.2. The number of anilines is 1. The Morgan fingerprint density at radius 3 is 2.47 bits per heavy atom. The smallest absolute Gasteiger partial charge is 0.263 e. The van der Waals surface area contributed by atoms with Gasteiger partial charge in [0, 0.05) is 5.56 Å². The minimum atomic E-state index is -0.929. The van der Waals surface area contributed by atoms with E-state index in [0.29, 0.717) is 47.5 Å². The molecule has 0 bridgehead atoms. The van der Waals surface area contributed by atoms with E-state index in [1.807, 2.05) is 13.8 Å². The number of amides is 2. The van der Waals surface area contributed by atoms with Crippen molar-refractivity contribution in [3.05, 3.63) is 48.4 Å². The van der Waals surface area contributed by atoms with Gasteiger partial charge in [-0.3, -0.25) is 14.6 Å². The molecule has 0 saturated carbocycles. The molecule has 2 aliphatic heterocycles. The van der Waals surface area contributed by atoms with Crippen LogP contribution in [0.25, 0.3) is 11.4 Å². The zero-order valence-corrected chi connectivity index (χ0v) is 20.0. The molecule has 0 spiro atoms. The van der Waals surface area contributed by atoms with E-state index in [1.165, 1.54) is 5.01 Å². The van der Waals surface area contributed by atoms with E-state index in [4.69, 9.17) is 18.7 Å². The molecule has 3 aromatic rings. The lowest BCUT2D eigenvalue weighted by Crippen LogP contribution is -2.39. The Hall–Kier alpha value is -4.48. The fraction of sp³-hybridized carbons (Fsp3) is 0.333. The Kier molecular flexibility index (Phi) is 6.23. The van der Waals surface area contributed by atoms with Gasteiger partial charge in [0.1, 0.15) is 12.3 Å². The van der Waals surface area contributed by atoms with Gasteiger partial charge in [-0.2, -0.15) is 10.1 Å². The number of hydrogen-bond donors (Lipinski definition) is 0. The van der Waals surface area contributed by atoms with Gasteiger partial charge in [0.2, 0.25) is 11.7 Å². The molecule has 2 aliphatic rings. The standard InChI is InChI=1S/C24H24N6O6/c1-4-34-16-9-7-15(8-10-16)30-23(31)20-21(24(30)32)29(28-26-20)13-19-25-22(27-36-19)14-6-11-17(35-5-2)18(12-14)33-3/h6-12,20-21H,4-5,13H2,1-3H3/t20-,21+/m1/s1. The zero-order chi connectivity index (χ0) is 25.2. The average Bonchev–Trinajstić information content (AvgIpc) is 3.58. The van der Waals surface area contributed by atoms with Crippen molar-refractivity contribution < 1.29 is 28.3 Å². The summed E-state index contributed by atoms with van der Waals surface area (Å²) in [5, 5.41) is 13.5. The second kappa shape index (κ2) is 9.64. The predicted molar refractivity (Wildman–Crippen MR) is 126 cm³/mol. The molecule has 2 atom stereocenters. The number of methoxy groups -OCH3 is 1. The van der Waals surface area contributed by atoms with Crippen molar-refractivity contribution in [3.63, 3.8) is 0 Å². The van der Waals surface area contributed by atoms with Crippen molar-refractivity contribution in [2.75, 3.05) is 25.2 Å². The molecule has 2 amide bonds. The van der Waals surface area contributed by atoms with Gasteiger partial charge in [0.25, 0.3) is 11.8 Å². The summed E-state index contributed by atoms with van der Waals surface area (Å²) in [6.45, 7) is 4.81. The number of benzene rings is 2. The highest BCUT2D eigenvalue weighted by molar-refractivity contribution is 6.25. The molecule has 1 fully saturated rings. The van der Waals surface area contributed by atoms with E-state index in [1.54, 1.807) is 49.6 Å². The molecule has 3 heterocycles. The number of carbonyl (C=O) groups is 2. The van der Waals surface area contributed by atoms with Crippen LogP contribution >= 0.6 is 0 Å². The van der Waals surface area contributed by atoms with Gasteiger partial charge in [-0.25, -0.2) is 4.90 Å². The summed E-state index contributed by atoms with van der Waals surface area (Å²) in [6, 6.07) is 10.3. The molecule has 5 rings (SSSR count). The summed E-state index contributed by atoms with van der Waals surface area (Å²) in [4.78, 5) is 31.7. The van der Waals surface area contributed by atoms with Crippen LogP contribution in [-0.2, 0) is 16.1 Å². The van der Waals surface area contributed by atoms with E-state index in [-0.39, 0.29) is 12.4 Å². The Balaban J connectivity index is 1.31. The molecule has 0 radical (unpaired) electrons. The number of aromatic nitrogens is 2. The molecule has 0 unspecified atom stereocenters. The van der Waals surface area contributed by atoms with Crippen LogP contribution in [0.15, 0.2) is 57.3 Å². The third-order valence-electron chi connectivity index (χ3n) is 5.75. The van der Waals surface area contributed by atoms with E-state index in [0.717, 1.165) is 4.90 Å². The first kappa shape index (κ1) is 23.3. The van der Waals surface area contributed by atoms with Crippen molar-refractivity contribution in [1.82, 2.24) is 15.1 Å². The monoisotopic (exact) mass is 492 g/mol. The van der Waals surface area contributed by atoms with Crippen molar-refractivity contribution in [2.24, 2.45) is 10.3 Å². The molecule has 12 heteroatoms. The van der Waals surface area contributed by atoms with Gasteiger partial charge >= 0.3 is 0 Å². The van der Waals surface area contributed by atoms with Crippen LogP contribution in [0.2, 0.25) is 0 Å². The largest absolute Gasteiger partial charge is 0.494 e. The van der Waals surface area contributed by atoms with E-state index in [2.05, 4.69) is 20.5 Å². The zero-order valence-electron chi connectivity index (χ0n) is 20.0. The second-order valence-corrected chi connectivity index (χ2v) is 7.94. The molecule has 2 aromatic carbocycles. The van der Waals surface area contributed by atoms with Gasteiger partial charge in [-0.05, 0) is 56.3 Å². The van der Waals surface area contributed by atoms with Crippen molar-refractivity contribution in [3.8, 4) is 28.6 Å². The average molecular weight is 492 g/mol. The number of ether oxygens (including phenoxy) is 3. The van der Waals surface area contributed by atoms with Crippen LogP contribution in [0, 0.1) is 0 Å². The van der Waals surface area contributed by atoms with E-state index in [9.17, 15) is 9.59 Å². The minimum absolute atomic E-state index is 0.0158. The SMILES string of the molecule is CCOc1ccc(N2C(=O)[C@@H]3[C@@H](N=NN3Cc3nc(-c4ccc(OCC)c(OC)c4)no3)C2=O)cc1. The molecule has 186 valence electrons. The lowest BCUT2D eigenvalue weighted by molar-refractivity contribution is -0.123. The van der Waals surface area contributed by atoms with Crippen LogP contribution in [0.3, 0.4) is 0 Å². The Labute approximate surface area is 206 Å². The first-order valence-electron chi connectivity index (χ1n) is 11.5. The fourth-order valence-corrected chi connectivity index (χ4v) is 4.12. The third kappa shape index (κ3) is 4.10. The Morgan fingerprint density at radius 2 is 1.75 bits per heavy atom. The third-order valence-corrected chi connectivity index (χ3v) is 5.75. The van der Waals surface area contributed by atoms with Gasteiger partial charge in [-0.15, -0.1) is 0 Å². The number of carbonyl (C=O) groups excluding carboxylic acids is 2. The number of hydrogen-bond acceptors (Lipinski definition) is 11. The molecule has 12 nitrogen and oxygen atoms in total. The molecular weight excluding hydrogens is 468 g/mol. The number of rotatable bonds is 9. The van der Waals surface area contributed by atoms with Gasteiger partial charge in [0.15, 0.2) is 23.6 Å². The van der Waals surface area contributed by atoms with Crippen LogP contribution in [-0.4, -0.2) is 59.4 Å². The Morgan fingerprint density at radius 1 is 0.972 bits per heavy atom. The van der Waals surface area contributed by atoms with Crippen molar-refractivity contribution in [2.45, 2.75) is 32.5 Å². The first-order chi connectivity index (χ1) is 17.5. The van der Waals surface area contributed by atoms with E-state index >= 15 is 0 Å². The van der Waals surface area contributed by atoms with Crippen molar-refractivity contribution in [1.29, 1.82) is 0 Å². The lowest BCUT2D eigenvalue weighted by atomic mass is 10.1. The maximum atomic E-state index is 13.2. The summed E-state index contributed by atoms with van der Waals surface area (Å²) in [7, 11) is 1.55. The molecular formula is C24H24N6O6. The number of fused-ring (bicyclic) bond motifs is 1. The summed E-state index contributed by atoms with van der Waals surface area (Å²) < 4.78 is 21.7. The first-order valence-corrected chi connectivity index (χ1v) is 11.5. The molecule has 36 heavy (non-hydrogen) atoms. The van der Waals surface area contributed by atoms with Crippen LogP contribution < -0.4 is 19.1 Å². The van der Waals surface area contributed by atoms with E-state index < -0.39 is 23.9 Å². The van der Waals surface area contributed by atoms with Crippen LogP contribution in [0.5, 0.6) is 17.2 Å².